The predicted molar refractivity (Wildman–Crippen MR) is 72.7 cm³/mol. The summed E-state index contributed by atoms with van der Waals surface area (Å²) in [5.74, 6) is 5.55. The standard InChI is InChI=1S/C14H16N2O3/c1-10-8-11(2)13(14(9-10)16(18)19)6-4-5-7-15-12(3)17/h8-9H,5,7H2,1-3H3,(H,15,17). The van der Waals surface area contributed by atoms with E-state index in [-0.39, 0.29) is 11.6 Å². The number of benzene rings is 1. The highest BCUT2D eigenvalue weighted by Crippen LogP contribution is 2.23. The van der Waals surface area contributed by atoms with Crippen molar-refractivity contribution >= 4 is 11.6 Å². The van der Waals surface area contributed by atoms with Gasteiger partial charge in [0.25, 0.3) is 5.69 Å². The molecule has 0 atom stereocenters. The lowest BCUT2D eigenvalue weighted by molar-refractivity contribution is -0.385. The van der Waals surface area contributed by atoms with Crippen molar-refractivity contribution in [2.45, 2.75) is 27.2 Å². The number of hydrogen-bond donors (Lipinski definition) is 1. The van der Waals surface area contributed by atoms with Crippen LogP contribution in [0.2, 0.25) is 0 Å². The summed E-state index contributed by atoms with van der Waals surface area (Å²) < 4.78 is 0. The first kappa shape index (κ1) is 14.7. The van der Waals surface area contributed by atoms with Gasteiger partial charge in [-0.3, -0.25) is 14.9 Å². The van der Waals surface area contributed by atoms with E-state index in [1.54, 1.807) is 6.92 Å². The largest absolute Gasteiger partial charge is 0.355 e. The third kappa shape index (κ3) is 4.43. The van der Waals surface area contributed by atoms with Crippen molar-refractivity contribution in [1.29, 1.82) is 0 Å². The van der Waals surface area contributed by atoms with E-state index in [2.05, 4.69) is 17.2 Å². The monoisotopic (exact) mass is 260 g/mol. The summed E-state index contributed by atoms with van der Waals surface area (Å²) in [6.07, 6.45) is 0.462. The molecule has 1 aromatic carbocycles. The van der Waals surface area contributed by atoms with Gasteiger partial charge in [-0.15, -0.1) is 0 Å². The number of rotatable bonds is 3. The topological polar surface area (TPSA) is 72.2 Å². The van der Waals surface area contributed by atoms with Crippen LogP contribution in [0.1, 0.15) is 30.0 Å². The molecule has 0 spiro atoms. The van der Waals surface area contributed by atoms with Gasteiger partial charge in [-0.25, -0.2) is 0 Å². The molecule has 5 nitrogen and oxygen atoms in total. The quantitative estimate of drug-likeness (QED) is 0.391. The third-order valence-electron chi connectivity index (χ3n) is 2.49. The van der Waals surface area contributed by atoms with Crippen LogP contribution >= 0.6 is 0 Å². The summed E-state index contributed by atoms with van der Waals surface area (Å²) in [5.41, 5.74) is 2.11. The Hall–Kier alpha value is -2.35. The summed E-state index contributed by atoms with van der Waals surface area (Å²) >= 11 is 0. The zero-order valence-corrected chi connectivity index (χ0v) is 11.2. The smallest absolute Gasteiger partial charge is 0.285 e. The van der Waals surface area contributed by atoms with Gasteiger partial charge in [0.15, 0.2) is 0 Å². The molecule has 0 bridgehead atoms. The van der Waals surface area contributed by atoms with Crippen molar-refractivity contribution in [2.24, 2.45) is 0 Å². The zero-order chi connectivity index (χ0) is 14.4. The number of nitrogens with one attached hydrogen (secondary N) is 1. The molecule has 0 unspecified atom stereocenters. The number of nitrogens with zero attached hydrogens (tertiary/aromatic N) is 1. The van der Waals surface area contributed by atoms with Gasteiger partial charge in [0.1, 0.15) is 5.56 Å². The molecule has 1 amide bonds. The minimum atomic E-state index is -0.419. The van der Waals surface area contributed by atoms with Gasteiger partial charge in [-0.1, -0.05) is 17.9 Å². The van der Waals surface area contributed by atoms with Crippen molar-refractivity contribution in [2.75, 3.05) is 6.54 Å². The number of amides is 1. The van der Waals surface area contributed by atoms with Crippen LogP contribution in [0.15, 0.2) is 12.1 Å². The molecule has 100 valence electrons. The zero-order valence-electron chi connectivity index (χ0n) is 11.2. The van der Waals surface area contributed by atoms with Crippen molar-refractivity contribution in [3.8, 4) is 11.8 Å². The van der Waals surface area contributed by atoms with Gasteiger partial charge in [0.2, 0.25) is 5.91 Å². The minimum absolute atomic E-state index is 0.0320. The fraction of sp³-hybridized carbons (Fsp3) is 0.357. The van der Waals surface area contributed by atoms with Crippen molar-refractivity contribution < 1.29 is 9.72 Å². The number of aryl methyl sites for hydroxylation is 2. The van der Waals surface area contributed by atoms with Crippen molar-refractivity contribution in [3.63, 3.8) is 0 Å². The molecule has 0 fully saturated rings. The second-order valence-electron chi connectivity index (χ2n) is 4.27. The normalized spacial score (nSPS) is 9.42. The van der Waals surface area contributed by atoms with Crippen LogP contribution in [-0.4, -0.2) is 17.4 Å². The molecule has 1 rings (SSSR count). The predicted octanol–water partition coefficient (Wildman–Crippen LogP) is 2.09. The van der Waals surface area contributed by atoms with Crippen LogP contribution in [0.3, 0.4) is 0 Å². The van der Waals surface area contributed by atoms with E-state index in [1.807, 2.05) is 13.0 Å². The fourth-order valence-electron chi connectivity index (χ4n) is 1.70. The van der Waals surface area contributed by atoms with Crippen LogP contribution in [0.4, 0.5) is 5.69 Å². The maximum absolute atomic E-state index is 11.0. The summed E-state index contributed by atoms with van der Waals surface area (Å²) in [6.45, 7) is 5.50. The first-order valence-corrected chi connectivity index (χ1v) is 5.90. The van der Waals surface area contributed by atoms with Crippen LogP contribution in [0.5, 0.6) is 0 Å². The Kier molecular flexibility index (Phi) is 5.07. The molecule has 0 aromatic heterocycles. The minimum Gasteiger partial charge on any atom is -0.355 e. The molecule has 19 heavy (non-hydrogen) atoms. The third-order valence-corrected chi connectivity index (χ3v) is 2.49. The van der Waals surface area contributed by atoms with E-state index in [9.17, 15) is 14.9 Å². The average Bonchev–Trinajstić information content (AvgIpc) is 2.29. The highest BCUT2D eigenvalue weighted by Gasteiger charge is 2.14. The number of carbonyl (C=O) groups excluding carboxylic acids is 1. The molecule has 1 aromatic rings. The molecule has 0 saturated heterocycles. The maximum atomic E-state index is 11.0. The van der Waals surface area contributed by atoms with Gasteiger partial charge in [0.05, 0.1) is 4.92 Å². The highest BCUT2D eigenvalue weighted by atomic mass is 16.6. The lowest BCUT2D eigenvalue weighted by Crippen LogP contribution is -2.20. The Bertz CT molecular complexity index is 568. The summed E-state index contributed by atoms with van der Waals surface area (Å²) in [5, 5.41) is 13.6. The Morgan fingerprint density at radius 1 is 1.42 bits per heavy atom. The molecule has 0 saturated carbocycles. The molecule has 0 aliphatic rings. The fourth-order valence-corrected chi connectivity index (χ4v) is 1.70. The number of carbonyl (C=O) groups is 1. The van der Waals surface area contributed by atoms with Gasteiger partial charge in [0, 0.05) is 26.0 Å². The Labute approximate surface area is 112 Å². The number of nitro groups is 1. The van der Waals surface area contributed by atoms with E-state index < -0.39 is 4.92 Å². The molecule has 0 aliphatic carbocycles. The van der Waals surface area contributed by atoms with Crippen LogP contribution in [-0.2, 0) is 4.79 Å². The van der Waals surface area contributed by atoms with Crippen LogP contribution < -0.4 is 5.32 Å². The van der Waals surface area contributed by atoms with E-state index in [0.717, 1.165) is 11.1 Å². The Morgan fingerprint density at radius 2 is 2.11 bits per heavy atom. The number of hydrogen-bond acceptors (Lipinski definition) is 3. The summed E-state index contributed by atoms with van der Waals surface area (Å²) in [4.78, 5) is 21.2. The van der Waals surface area contributed by atoms with Gasteiger partial charge in [-0.05, 0) is 25.0 Å². The molecule has 1 N–H and O–H groups in total. The van der Waals surface area contributed by atoms with Gasteiger partial charge < -0.3 is 5.32 Å². The van der Waals surface area contributed by atoms with E-state index in [4.69, 9.17) is 0 Å². The Morgan fingerprint density at radius 3 is 2.68 bits per heavy atom. The summed E-state index contributed by atoms with van der Waals surface area (Å²) in [6, 6.07) is 3.38. The first-order valence-electron chi connectivity index (χ1n) is 5.90. The molecule has 0 heterocycles. The second-order valence-corrected chi connectivity index (χ2v) is 4.27. The highest BCUT2D eigenvalue weighted by molar-refractivity contribution is 5.72. The lowest BCUT2D eigenvalue weighted by atomic mass is 10.0. The molecular weight excluding hydrogens is 244 g/mol. The Balaban J connectivity index is 2.91. The van der Waals surface area contributed by atoms with Crippen molar-refractivity contribution in [1.82, 2.24) is 5.32 Å². The van der Waals surface area contributed by atoms with E-state index in [0.29, 0.717) is 18.5 Å². The average molecular weight is 260 g/mol. The van der Waals surface area contributed by atoms with Crippen LogP contribution in [0, 0.1) is 35.8 Å². The molecule has 0 aliphatic heterocycles. The maximum Gasteiger partial charge on any atom is 0.285 e. The first-order chi connectivity index (χ1) is 8.91. The molecule has 5 heteroatoms. The summed E-state index contributed by atoms with van der Waals surface area (Å²) in [7, 11) is 0. The second kappa shape index (κ2) is 6.55. The van der Waals surface area contributed by atoms with Crippen molar-refractivity contribution in [3.05, 3.63) is 38.9 Å². The van der Waals surface area contributed by atoms with E-state index in [1.165, 1.54) is 13.0 Å². The lowest BCUT2D eigenvalue weighted by Gasteiger charge is -2.02. The van der Waals surface area contributed by atoms with E-state index >= 15 is 0 Å². The molecule has 0 radical (unpaired) electrons. The SMILES string of the molecule is CC(=O)NCCC#Cc1c(C)cc(C)cc1[N+](=O)[O-]. The van der Waals surface area contributed by atoms with Gasteiger partial charge >= 0.3 is 0 Å². The van der Waals surface area contributed by atoms with Crippen LogP contribution in [0.25, 0.3) is 0 Å². The van der Waals surface area contributed by atoms with Gasteiger partial charge in [-0.2, -0.15) is 0 Å². The number of nitro benzene ring substituents is 1. The molecular formula is C14H16N2O3.